The predicted octanol–water partition coefficient (Wildman–Crippen LogP) is -0.133. The van der Waals surface area contributed by atoms with E-state index < -0.39 is 10.2 Å². The van der Waals surface area contributed by atoms with E-state index in [4.69, 9.17) is 4.42 Å². The Morgan fingerprint density at radius 1 is 1.03 bits per heavy atom. The number of halogens is 1. The summed E-state index contributed by atoms with van der Waals surface area (Å²) >= 11 is 0. The highest BCUT2D eigenvalue weighted by molar-refractivity contribution is 5.86. The first-order valence-electron chi connectivity index (χ1n) is 9.61. The van der Waals surface area contributed by atoms with Crippen molar-refractivity contribution in [1.82, 2.24) is 9.56 Å². The van der Waals surface area contributed by atoms with Gasteiger partial charge in [0, 0.05) is 37.0 Å². The molecule has 0 N–H and O–H groups in total. The Hall–Kier alpha value is -2.39. The molecule has 0 unspecified atom stereocenters. The predicted molar refractivity (Wildman–Crippen MR) is 101 cm³/mol. The fourth-order valence-corrected chi connectivity index (χ4v) is 3.71. The van der Waals surface area contributed by atoms with Crippen LogP contribution in [0.3, 0.4) is 0 Å². The van der Waals surface area contributed by atoms with Crippen molar-refractivity contribution in [2.45, 2.75) is 27.7 Å². The molecular weight excluding hydrogens is 398 g/mol. The molecule has 0 radical (unpaired) electrons. The lowest BCUT2D eigenvalue weighted by Gasteiger charge is -2.22. The average Bonchev–Trinajstić information content (AvgIpc) is 2.67. The van der Waals surface area contributed by atoms with Gasteiger partial charge in [-0.1, -0.05) is 4.29 Å². The Morgan fingerprint density at radius 2 is 1.72 bits per heavy atom. The zero-order chi connectivity index (χ0) is 21.2. The maximum Gasteiger partial charge on any atom is 0.319 e. The highest BCUT2D eigenvalue weighted by atomic mass is 35.7. The second-order valence-electron chi connectivity index (χ2n) is 6.46. The quantitative estimate of drug-likeness (QED) is 0.385. The Kier molecular flexibility index (Phi) is 6.28. The Labute approximate surface area is 171 Å². The maximum atomic E-state index is 11.2. The molecule has 8 nitrogen and oxygen atoms in total. The highest BCUT2D eigenvalue weighted by Crippen LogP contribution is 2.34. The molecule has 0 bridgehead atoms. The topological polar surface area (TPSA) is 111 Å². The molecule has 1 heterocycles. The summed E-state index contributed by atoms with van der Waals surface area (Å²) in [6, 6.07) is 8.91. The van der Waals surface area contributed by atoms with Gasteiger partial charge in [-0.15, -0.1) is 0 Å². The third-order valence-electron chi connectivity index (χ3n) is 4.86. The molecule has 0 amide bonds. The Balaban J connectivity index is 2.30. The first-order chi connectivity index (χ1) is 13.8. The van der Waals surface area contributed by atoms with E-state index in [1.807, 2.05) is 30.9 Å². The molecule has 1 aromatic carbocycles. The monoisotopic (exact) mass is 422 g/mol. The van der Waals surface area contributed by atoms with Crippen molar-refractivity contribution < 1.29 is 32.9 Å². The van der Waals surface area contributed by atoms with E-state index in [2.05, 4.69) is 27.7 Å². The number of nitrogens with zero attached hydrogens (tertiary/aromatic N) is 3. The van der Waals surface area contributed by atoms with Crippen molar-refractivity contribution in [3.05, 3.63) is 35.7 Å². The number of hydrogen-bond donors (Lipinski definition) is 0. The van der Waals surface area contributed by atoms with Gasteiger partial charge in [0.1, 0.15) is 29.0 Å². The van der Waals surface area contributed by atoms with Crippen LogP contribution in [-0.4, -0.2) is 31.2 Å². The minimum atomic E-state index is -4.66. The molecule has 156 valence electrons. The number of rotatable bonds is 7. The molecule has 0 atom stereocenters. The molecule has 0 aromatic heterocycles. The van der Waals surface area contributed by atoms with Crippen LogP contribution in [0.5, 0.6) is 5.75 Å². The standard InChI is InChI=1S/C20H25ClN3O5/c1-5-23(6-2)14-9-10-16-17(11-14)28-18-12-15(24(7-3)8-4)13-19(20(18)22-16)29-21(25,26)27/h9-13H,5-8H2,1-4H3/q+1. The second-order valence-corrected chi connectivity index (χ2v) is 7.37. The van der Waals surface area contributed by atoms with E-state index in [9.17, 15) is 14.0 Å². The lowest BCUT2D eigenvalue weighted by atomic mass is 10.2. The average molecular weight is 423 g/mol. The van der Waals surface area contributed by atoms with Crippen LogP contribution in [0, 0.1) is 10.2 Å². The first-order valence-corrected chi connectivity index (χ1v) is 10.8. The summed E-state index contributed by atoms with van der Waals surface area (Å²) in [5.41, 5.74) is 1.73. The zero-order valence-corrected chi connectivity index (χ0v) is 17.7. The molecule has 2 aliphatic rings. The van der Waals surface area contributed by atoms with Crippen molar-refractivity contribution in [2.75, 3.05) is 31.1 Å². The molecule has 0 spiro atoms. The van der Waals surface area contributed by atoms with E-state index in [0.29, 0.717) is 35.8 Å². The van der Waals surface area contributed by atoms with Crippen LogP contribution in [0.2, 0.25) is 0 Å². The summed E-state index contributed by atoms with van der Waals surface area (Å²) in [4.78, 5) is 6.50. The summed E-state index contributed by atoms with van der Waals surface area (Å²) in [5.74, 6) is 0.409. The maximum absolute atomic E-state index is 11.2. The van der Waals surface area contributed by atoms with Crippen molar-refractivity contribution in [2.24, 2.45) is 0 Å². The third kappa shape index (κ3) is 4.62. The fourth-order valence-electron chi connectivity index (χ4n) is 3.39. The van der Waals surface area contributed by atoms with Crippen LogP contribution in [0.25, 0.3) is 22.6 Å². The van der Waals surface area contributed by atoms with Crippen molar-refractivity contribution >= 4 is 16.8 Å². The molecule has 1 aromatic rings. The molecule has 0 saturated heterocycles. The molecule has 1 aliphatic carbocycles. The van der Waals surface area contributed by atoms with Crippen molar-refractivity contribution in [3.8, 4) is 17.2 Å². The van der Waals surface area contributed by atoms with Crippen LogP contribution in [-0.2, 0) is 0 Å². The van der Waals surface area contributed by atoms with Crippen LogP contribution >= 0.6 is 0 Å². The van der Waals surface area contributed by atoms with Gasteiger partial charge in [-0.25, -0.2) is 9.56 Å². The number of fused-ring (bicyclic) bond motifs is 2. The van der Waals surface area contributed by atoms with Crippen molar-refractivity contribution in [3.63, 3.8) is 0 Å². The number of anilines is 1. The van der Waals surface area contributed by atoms with Crippen LogP contribution in [0.4, 0.5) is 5.69 Å². The van der Waals surface area contributed by atoms with E-state index in [1.54, 1.807) is 12.1 Å². The molecule has 29 heavy (non-hydrogen) atoms. The lowest BCUT2D eigenvalue weighted by Crippen LogP contribution is -2.63. The summed E-state index contributed by atoms with van der Waals surface area (Å²) in [6.07, 6.45) is 0. The minimum Gasteiger partial charge on any atom is -0.452 e. The van der Waals surface area contributed by atoms with Gasteiger partial charge in [-0.05, 0) is 33.8 Å². The van der Waals surface area contributed by atoms with Gasteiger partial charge in [0.05, 0.1) is 6.07 Å². The van der Waals surface area contributed by atoms with Gasteiger partial charge in [0.25, 0.3) is 0 Å². The number of hydrogen-bond acceptors (Lipinski definition) is 7. The van der Waals surface area contributed by atoms with E-state index >= 15 is 0 Å². The van der Waals surface area contributed by atoms with Crippen molar-refractivity contribution in [1.29, 1.82) is 0 Å². The Bertz CT molecular complexity index is 1030. The summed E-state index contributed by atoms with van der Waals surface area (Å²) < 4.78 is 46.6. The van der Waals surface area contributed by atoms with Crippen LogP contribution < -0.4 is 33.1 Å². The van der Waals surface area contributed by atoms with E-state index in [-0.39, 0.29) is 11.3 Å². The zero-order valence-electron chi connectivity index (χ0n) is 17.0. The van der Waals surface area contributed by atoms with E-state index in [1.165, 1.54) is 6.07 Å². The summed E-state index contributed by atoms with van der Waals surface area (Å²) in [7, 11) is -4.66. The minimum absolute atomic E-state index is 0.153. The lowest BCUT2D eigenvalue weighted by molar-refractivity contribution is -1.91. The molecule has 1 aliphatic heterocycles. The van der Waals surface area contributed by atoms with Crippen LogP contribution in [0.1, 0.15) is 27.7 Å². The second kappa shape index (κ2) is 8.54. The summed E-state index contributed by atoms with van der Waals surface area (Å²) in [6.45, 7) is 11.2. The van der Waals surface area contributed by atoms with Gasteiger partial charge in [0.2, 0.25) is 5.36 Å². The smallest absolute Gasteiger partial charge is 0.319 e. The van der Waals surface area contributed by atoms with Crippen LogP contribution in [0.15, 0.2) is 34.7 Å². The van der Waals surface area contributed by atoms with Gasteiger partial charge in [0.15, 0.2) is 16.9 Å². The van der Waals surface area contributed by atoms with Gasteiger partial charge >= 0.3 is 5.75 Å². The molecule has 3 rings (SSSR count). The van der Waals surface area contributed by atoms with Gasteiger partial charge in [-0.3, -0.25) is 0 Å². The molecular formula is C20H25ClN3O5+. The number of aromatic nitrogens is 1. The fraction of sp³-hybridized carbons (Fsp3) is 0.400. The molecule has 9 heteroatoms. The first kappa shape index (κ1) is 21.3. The highest BCUT2D eigenvalue weighted by Gasteiger charge is 2.26. The van der Waals surface area contributed by atoms with Gasteiger partial charge in [-0.2, -0.15) is 14.0 Å². The normalized spacial score (nSPS) is 11.8. The Morgan fingerprint density at radius 3 is 2.31 bits per heavy atom. The third-order valence-corrected chi connectivity index (χ3v) is 5.21. The van der Waals surface area contributed by atoms with Gasteiger partial charge < -0.3 is 9.32 Å². The molecule has 0 saturated carbocycles. The molecule has 0 fully saturated rings. The largest absolute Gasteiger partial charge is 0.452 e. The summed E-state index contributed by atoms with van der Waals surface area (Å²) in [5, 5.41) is 1.00. The number of benzene rings is 2. The SMILES string of the molecule is CCN(CC)c1cc(O[Cl+3]([O-])([O-])[O-])c2nc3ccc(=[N+](CC)CC)cc-3oc2c1. The van der Waals surface area contributed by atoms with E-state index in [0.717, 1.165) is 18.4 Å².